The van der Waals surface area contributed by atoms with Crippen LogP contribution in [0.1, 0.15) is 24.5 Å². The maximum atomic E-state index is 14.9. The number of nitro groups is 1. The van der Waals surface area contributed by atoms with Crippen molar-refractivity contribution in [3.05, 3.63) is 88.0 Å². The van der Waals surface area contributed by atoms with E-state index in [1.165, 1.54) is 23.1 Å². The summed E-state index contributed by atoms with van der Waals surface area (Å²) < 4.78 is 17.2. The van der Waals surface area contributed by atoms with Crippen LogP contribution < -0.4 is 20.1 Å². The van der Waals surface area contributed by atoms with Crippen LogP contribution in [0.15, 0.2) is 66.7 Å². The van der Waals surface area contributed by atoms with Crippen molar-refractivity contribution in [2.24, 2.45) is 5.92 Å². The average molecular weight is 738 g/mol. The number of non-ortho nitro benzene ring substituents is 1. The molecule has 2 fully saturated rings. The molecule has 278 valence electrons. The molecule has 9 atom stereocenters. The Morgan fingerprint density at radius 3 is 2.40 bits per heavy atom. The first-order valence-corrected chi connectivity index (χ1v) is 20.0. The van der Waals surface area contributed by atoms with Gasteiger partial charge in [-0.3, -0.25) is 19.7 Å². The number of carbonyl (C=O) groups excluding carboxylic acids is 2. The van der Waals surface area contributed by atoms with E-state index in [1.807, 2.05) is 31.2 Å². The fraction of sp³-hybridized carbons (Fsp3) is 0.444. The summed E-state index contributed by atoms with van der Waals surface area (Å²) in [5.41, 5.74) is -0.347. The third-order valence-electron chi connectivity index (χ3n) is 10.8. The number of amides is 2. The summed E-state index contributed by atoms with van der Waals surface area (Å²) in [6, 6.07) is 18.6. The maximum Gasteiger partial charge on any atom is 0.269 e. The largest absolute Gasteiger partial charge is 0.497 e. The first kappa shape index (κ1) is 37.5. The molecule has 0 bridgehead atoms. The lowest BCUT2D eigenvalue weighted by molar-refractivity contribution is -0.385. The molecule has 0 saturated carbocycles. The molecule has 16 heteroatoms. The zero-order valence-electron chi connectivity index (χ0n) is 29.1. The maximum absolute atomic E-state index is 14.9. The van der Waals surface area contributed by atoms with Crippen LogP contribution in [0.25, 0.3) is 0 Å². The van der Waals surface area contributed by atoms with Crippen LogP contribution in [0.5, 0.6) is 5.75 Å². The summed E-state index contributed by atoms with van der Waals surface area (Å²) >= 11 is 0. The smallest absolute Gasteiger partial charge is 0.269 e. The number of ether oxygens (including phenoxy) is 3. The fourth-order valence-corrected chi connectivity index (χ4v) is 12.3. The molecule has 3 heterocycles. The van der Waals surface area contributed by atoms with Crippen LogP contribution in [0.3, 0.4) is 0 Å². The number of methoxy groups -OCH3 is 1. The Kier molecular flexibility index (Phi) is 10.3. The van der Waals surface area contributed by atoms with Crippen molar-refractivity contribution in [1.29, 1.82) is 0 Å². The molecule has 3 aliphatic heterocycles. The van der Waals surface area contributed by atoms with E-state index in [2.05, 4.69) is 18.4 Å². The fourth-order valence-electron chi connectivity index (χ4n) is 8.19. The zero-order valence-corrected chi connectivity index (χ0v) is 30.1. The summed E-state index contributed by atoms with van der Waals surface area (Å²) in [5.74, 6) is -1.05. The molecule has 2 amide bonds. The highest BCUT2D eigenvalue weighted by atomic mass is 28.3. The number of nitro benzene ring substituents is 1. The van der Waals surface area contributed by atoms with Crippen LogP contribution in [0.2, 0.25) is 18.6 Å². The lowest BCUT2D eigenvalue weighted by Crippen LogP contribution is -2.60. The minimum atomic E-state index is -2.49. The SMILES string of the molecule is COc1ccc([Si](C)(C)[C@H]2[C@H](CCO)O[C@@]3(C(=O)N(Cc4cccc(NC(=O)[C@H]5O[C@@H](O)[C@H](O)[C@@H](O)[C@@H]5O)c4)c4ccc([N+](=O)[O-])cc43)[C@@H]2C)cc1. The molecule has 0 aliphatic carbocycles. The number of fused-ring (bicyclic) bond motifs is 2. The lowest BCUT2D eigenvalue weighted by atomic mass is 9.82. The van der Waals surface area contributed by atoms with Gasteiger partial charge in [0.15, 0.2) is 18.0 Å². The van der Waals surface area contributed by atoms with E-state index in [0.29, 0.717) is 22.6 Å². The number of aliphatic hydroxyl groups is 5. The topological polar surface area (TPSA) is 221 Å². The van der Waals surface area contributed by atoms with E-state index in [0.717, 1.165) is 5.19 Å². The Hall–Kier alpha value is -4.26. The summed E-state index contributed by atoms with van der Waals surface area (Å²) in [5, 5.41) is 65.8. The number of aliphatic hydroxyl groups excluding tert-OH is 5. The van der Waals surface area contributed by atoms with Gasteiger partial charge in [-0.1, -0.05) is 49.5 Å². The Balaban J connectivity index is 1.34. The van der Waals surface area contributed by atoms with Crippen molar-refractivity contribution in [2.75, 3.05) is 23.9 Å². The molecule has 1 spiro atoms. The quantitative estimate of drug-likeness (QED) is 0.0990. The zero-order chi connectivity index (χ0) is 37.7. The number of hydrogen-bond acceptors (Lipinski definition) is 12. The Labute approximate surface area is 300 Å². The summed E-state index contributed by atoms with van der Waals surface area (Å²) in [6.07, 6.45) is -9.30. The van der Waals surface area contributed by atoms with Crippen molar-refractivity contribution >= 4 is 42.1 Å². The van der Waals surface area contributed by atoms with E-state index in [4.69, 9.17) is 14.2 Å². The first-order valence-electron chi connectivity index (χ1n) is 17.0. The second-order valence-corrected chi connectivity index (χ2v) is 18.8. The lowest BCUT2D eigenvalue weighted by Gasteiger charge is -2.37. The molecule has 0 aromatic heterocycles. The van der Waals surface area contributed by atoms with Crippen LogP contribution in [-0.2, 0) is 31.2 Å². The number of anilines is 2. The molecule has 3 aromatic rings. The number of nitrogens with zero attached hydrogens (tertiary/aromatic N) is 2. The second kappa shape index (κ2) is 14.3. The number of benzene rings is 3. The predicted molar refractivity (Wildman–Crippen MR) is 190 cm³/mol. The summed E-state index contributed by atoms with van der Waals surface area (Å²) in [4.78, 5) is 40.9. The number of rotatable bonds is 10. The minimum absolute atomic E-state index is 0.00794. The summed E-state index contributed by atoms with van der Waals surface area (Å²) in [6.45, 7) is 6.13. The summed E-state index contributed by atoms with van der Waals surface area (Å²) in [7, 11) is -0.895. The number of hydrogen-bond donors (Lipinski definition) is 6. The molecule has 52 heavy (non-hydrogen) atoms. The van der Waals surface area contributed by atoms with Crippen molar-refractivity contribution in [3.63, 3.8) is 0 Å². The first-order chi connectivity index (χ1) is 24.6. The van der Waals surface area contributed by atoms with Gasteiger partial charge in [-0.05, 0) is 47.9 Å². The van der Waals surface area contributed by atoms with Gasteiger partial charge in [0.1, 0.15) is 24.1 Å². The van der Waals surface area contributed by atoms with Gasteiger partial charge in [-0.15, -0.1) is 0 Å². The van der Waals surface area contributed by atoms with Gasteiger partial charge in [0.2, 0.25) is 0 Å². The molecule has 2 saturated heterocycles. The minimum Gasteiger partial charge on any atom is -0.497 e. The highest BCUT2D eigenvalue weighted by molar-refractivity contribution is 6.91. The van der Waals surface area contributed by atoms with Crippen LogP contribution >= 0.6 is 0 Å². The van der Waals surface area contributed by atoms with E-state index in [1.54, 1.807) is 31.4 Å². The third-order valence-corrected chi connectivity index (χ3v) is 15.2. The highest BCUT2D eigenvalue weighted by Gasteiger charge is 2.66. The van der Waals surface area contributed by atoms with E-state index in [9.17, 15) is 45.2 Å². The van der Waals surface area contributed by atoms with E-state index in [-0.39, 0.29) is 36.5 Å². The van der Waals surface area contributed by atoms with Gasteiger partial charge in [0.25, 0.3) is 17.5 Å². The molecular weight excluding hydrogens is 694 g/mol. The van der Waals surface area contributed by atoms with Crippen LogP contribution in [-0.4, -0.2) is 101 Å². The molecule has 0 radical (unpaired) electrons. The molecule has 0 unspecified atom stereocenters. The van der Waals surface area contributed by atoms with E-state index >= 15 is 0 Å². The van der Waals surface area contributed by atoms with Crippen molar-refractivity contribution < 1.29 is 54.3 Å². The molecule has 15 nitrogen and oxygen atoms in total. The van der Waals surface area contributed by atoms with Gasteiger partial charge >= 0.3 is 0 Å². The van der Waals surface area contributed by atoms with E-state index < -0.39 is 73.1 Å². The average Bonchev–Trinajstić information content (AvgIpc) is 3.55. The molecule has 3 aliphatic rings. The Morgan fingerprint density at radius 2 is 1.75 bits per heavy atom. The monoisotopic (exact) mass is 737 g/mol. The molecular formula is C36H43N3O12Si. The number of nitrogens with one attached hydrogen (secondary N) is 1. The molecule has 6 N–H and O–H groups in total. The highest BCUT2D eigenvalue weighted by Crippen LogP contribution is 2.60. The van der Waals surface area contributed by atoms with Gasteiger partial charge in [-0.25, -0.2) is 0 Å². The van der Waals surface area contributed by atoms with Gasteiger partial charge < -0.3 is 50.0 Å². The Bertz CT molecular complexity index is 1840. The molecule has 3 aromatic carbocycles. The normalized spacial score (nSPS) is 30.0. The van der Waals surface area contributed by atoms with Crippen LogP contribution in [0, 0.1) is 16.0 Å². The van der Waals surface area contributed by atoms with Gasteiger partial charge in [0.05, 0.1) is 38.4 Å². The van der Waals surface area contributed by atoms with Crippen molar-refractivity contribution in [1.82, 2.24) is 0 Å². The standard InChI is InChI=1S/C36H43N3O12Si/c1-19-32(52(3,4)24-11-9-23(49-2)10-12-24)27(14-15-40)51-36(19)25-17-22(39(47)48)8-13-26(25)38(35(36)46)18-20-6-5-7-21(16-20)37-33(44)31-29(42)28(41)30(43)34(45)50-31/h5-13,16-17,19,27-32,34,40-43,45H,14-15,18H2,1-4H3,(H,37,44)/t19-,27+,28+,29+,30-,31+,32-,34-,36+/m1/s1. The van der Waals surface area contributed by atoms with Gasteiger partial charge in [0, 0.05) is 35.9 Å². The van der Waals surface area contributed by atoms with Crippen molar-refractivity contribution in [2.45, 2.75) is 80.9 Å². The third kappa shape index (κ3) is 6.28. The van der Waals surface area contributed by atoms with Crippen LogP contribution in [0.4, 0.5) is 17.1 Å². The van der Waals surface area contributed by atoms with Gasteiger partial charge in [-0.2, -0.15) is 0 Å². The number of carbonyl (C=O) groups is 2. The van der Waals surface area contributed by atoms with Crippen molar-refractivity contribution in [3.8, 4) is 5.75 Å². The molecule has 6 rings (SSSR count). The second-order valence-electron chi connectivity index (χ2n) is 14.1. The predicted octanol–water partition coefficient (Wildman–Crippen LogP) is 1.49. The Morgan fingerprint density at radius 1 is 1.04 bits per heavy atom.